The smallest absolute Gasteiger partial charge is 0.236 e. The Bertz CT molecular complexity index is 258. The van der Waals surface area contributed by atoms with Gasteiger partial charge in [-0.25, -0.2) is 0 Å². The highest BCUT2D eigenvalue weighted by Gasteiger charge is 2.21. The molecule has 4 nitrogen and oxygen atoms in total. The van der Waals surface area contributed by atoms with Gasteiger partial charge in [0.15, 0.2) is 0 Å². The summed E-state index contributed by atoms with van der Waals surface area (Å²) in [6, 6.07) is 0. The zero-order valence-corrected chi connectivity index (χ0v) is 14.2. The van der Waals surface area contributed by atoms with E-state index in [1.54, 1.807) is 0 Å². The van der Waals surface area contributed by atoms with Crippen LogP contribution >= 0.6 is 0 Å². The van der Waals surface area contributed by atoms with Crippen molar-refractivity contribution in [1.82, 2.24) is 9.80 Å². The van der Waals surface area contributed by atoms with Gasteiger partial charge in [0.1, 0.15) is 0 Å². The Labute approximate surface area is 125 Å². The predicted molar refractivity (Wildman–Crippen MR) is 86.7 cm³/mol. The molecule has 0 bridgehead atoms. The van der Waals surface area contributed by atoms with Crippen molar-refractivity contribution in [2.45, 2.75) is 53.4 Å². The number of carbonyl (C=O) groups is 1. The molecule has 0 saturated carbocycles. The normalized spacial score (nSPS) is 11.9. The van der Waals surface area contributed by atoms with Crippen LogP contribution < -0.4 is 5.73 Å². The van der Waals surface area contributed by atoms with E-state index in [1.807, 2.05) is 11.9 Å². The van der Waals surface area contributed by atoms with Crippen LogP contribution in [0.4, 0.5) is 0 Å². The summed E-state index contributed by atoms with van der Waals surface area (Å²) < 4.78 is 0. The molecule has 0 radical (unpaired) electrons. The Balaban J connectivity index is 4.34. The largest absolute Gasteiger partial charge is 0.342 e. The fourth-order valence-electron chi connectivity index (χ4n) is 2.24. The van der Waals surface area contributed by atoms with Gasteiger partial charge in [0.2, 0.25) is 5.91 Å². The number of likely N-dealkylation sites (N-methyl/N-ethyl adjacent to an activating group) is 1. The van der Waals surface area contributed by atoms with Crippen molar-refractivity contribution in [3.8, 4) is 0 Å². The zero-order chi connectivity index (χ0) is 15.6. The summed E-state index contributed by atoms with van der Waals surface area (Å²) in [5, 5.41) is 0. The van der Waals surface area contributed by atoms with Gasteiger partial charge in [-0.2, -0.15) is 0 Å². The van der Waals surface area contributed by atoms with Crippen molar-refractivity contribution in [1.29, 1.82) is 0 Å². The molecule has 0 aromatic heterocycles. The van der Waals surface area contributed by atoms with Crippen molar-refractivity contribution < 1.29 is 4.79 Å². The number of carbonyl (C=O) groups excluding carboxylic acids is 1. The Morgan fingerprint density at radius 3 is 2.00 bits per heavy atom. The number of amides is 1. The van der Waals surface area contributed by atoms with Crippen molar-refractivity contribution in [2.24, 2.45) is 11.1 Å². The van der Waals surface area contributed by atoms with E-state index in [-0.39, 0.29) is 11.3 Å². The number of unbranched alkanes of at least 4 members (excludes halogenated alkanes) is 2. The number of nitrogens with two attached hydrogens (primary N) is 1. The molecule has 0 saturated heterocycles. The van der Waals surface area contributed by atoms with Crippen LogP contribution in [0.15, 0.2) is 0 Å². The molecule has 0 aliphatic rings. The van der Waals surface area contributed by atoms with Crippen molar-refractivity contribution >= 4 is 5.91 Å². The first-order valence-electron chi connectivity index (χ1n) is 8.02. The van der Waals surface area contributed by atoms with E-state index in [0.717, 1.165) is 45.3 Å². The van der Waals surface area contributed by atoms with Crippen molar-refractivity contribution in [3.05, 3.63) is 0 Å². The molecule has 0 aliphatic carbocycles. The third-order valence-electron chi connectivity index (χ3n) is 3.57. The SMILES string of the molecule is CCCCN(CCCC)C(=O)CN(C)CC(C)(C)CN. The Morgan fingerprint density at radius 1 is 1.10 bits per heavy atom. The molecule has 4 heteroatoms. The fraction of sp³-hybridized carbons (Fsp3) is 0.938. The number of hydrogen-bond donors (Lipinski definition) is 1. The average molecular weight is 285 g/mol. The van der Waals surface area contributed by atoms with E-state index >= 15 is 0 Å². The molecule has 0 rings (SSSR count). The lowest BCUT2D eigenvalue weighted by Gasteiger charge is -2.30. The van der Waals surface area contributed by atoms with E-state index < -0.39 is 0 Å². The maximum Gasteiger partial charge on any atom is 0.236 e. The minimum Gasteiger partial charge on any atom is -0.342 e. The summed E-state index contributed by atoms with van der Waals surface area (Å²) in [5.41, 5.74) is 5.82. The lowest BCUT2D eigenvalue weighted by molar-refractivity contribution is -0.132. The second-order valence-corrected chi connectivity index (χ2v) is 6.63. The first-order chi connectivity index (χ1) is 9.36. The third kappa shape index (κ3) is 8.54. The fourth-order valence-corrected chi connectivity index (χ4v) is 2.24. The summed E-state index contributed by atoms with van der Waals surface area (Å²) in [7, 11) is 2.01. The van der Waals surface area contributed by atoms with Crippen LogP contribution in [0.1, 0.15) is 53.4 Å². The molecule has 0 aromatic carbocycles. The molecule has 0 aliphatic heterocycles. The van der Waals surface area contributed by atoms with E-state index in [0.29, 0.717) is 13.1 Å². The van der Waals surface area contributed by atoms with E-state index in [9.17, 15) is 4.79 Å². The summed E-state index contributed by atoms with van der Waals surface area (Å²) in [6.07, 6.45) is 4.44. The molecular formula is C16H35N3O. The van der Waals surface area contributed by atoms with Crippen molar-refractivity contribution in [2.75, 3.05) is 39.8 Å². The van der Waals surface area contributed by atoms with Gasteiger partial charge in [-0.1, -0.05) is 40.5 Å². The zero-order valence-electron chi connectivity index (χ0n) is 14.2. The van der Waals surface area contributed by atoms with Gasteiger partial charge in [0, 0.05) is 19.6 Å². The summed E-state index contributed by atoms with van der Waals surface area (Å²) in [6.45, 7) is 12.4. The highest BCUT2D eigenvalue weighted by molar-refractivity contribution is 5.78. The molecule has 0 fully saturated rings. The summed E-state index contributed by atoms with van der Waals surface area (Å²) in [4.78, 5) is 16.5. The van der Waals surface area contributed by atoms with Crippen LogP contribution in [0.2, 0.25) is 0 Å². The topological polar surface area (TPSA) is 49.6 Å². The Kier molecular flexibility index (Phi) is 9.86. The summed E-state index contributed by atoms with van der Waals surface area (Å²) >= 11 is 0. The van der Waals surface area contributed by atoms with Crippen LogP contribution in [0.3, 0.4) is 0 Å². The maximum atomic E-state index is 12.4. The minimum absolute atomic E-state index is 0.0622. The lowest BCUT2D eigenvalue weighted by Crippen LogP contribution is -2.44. The molecule has 0 aromatic rings. The standard InChI is InChI=1S/C16H35N3O/c1-6-8-10-19(11-9-7-2)15(20)12-18(5)14-16(3,4)13-17/h6-14,17H2,1-5H3. The average Bonchev–Trinajstić information content (AvgIpc) is 2.38. The van der Waals surface area contributed by atoms with Gasteiger partial charge >= 0.3 is 0 Å². The highest BCUT2D eigenvalue weighted by atomic mass is 16.2. The van der Waals surface area contributed by atoms with Gasteiger partial charge < -0.3 is 10.6 Å². The van der Waals surface area contributed by atoms with Crippen LogP contribution in [0.25, 0.3) is 0 Å². The molecule has 0 atom stereocenters. The monoisotopic (exact) mass is 285 g/mol. The van der Waals surface area contributed by atoms with E-state index in [1.165, 1.54) is 0 Å². The minimum atomic E-state index is 0.0622. The van der Waals surface area contributed by atoms with Crippen LogP contribution in [-0.2, 0) is 4.79 Å². The van der Waals surface area contributed by atoms with Gasteiger partial charge in [0.05, 0.1) is 6.54 Å². The molecule has 120 valence electrons. The molecular weight excluding hydrogens is 250 g/mol. The van der Waals surface area contributed by atoms with Gasteiger partial charge in [0.25, 0.3) is 0 Å². The first kappa shape index (κ1) is 19.4. The van der Waals surface area contributed by atoms with E-state index in [2.05, 4.69) is 32.6 Å². The van der Waals surface area contributed by atoms with Crippen LogP contribution in [-0.4, -0.2) is 55.5 Å². The molecule has 0 unspecified atom stereocenters. The molecule has 0 heterocycles. The highest BCUT2D eigenvalue weighted by Crippen LogP contribution is 2.14. The third-order valence-corrected chi connectivity index (χ3v) is 3.57. The van der Waals surface area contributed by atoms with Gasteiger partial charge in [-0.15, -0.1) is 0 Å². The quantitative estimate of drug-likeness (QED) is 0.634. The number of hydrogen-bond acceptors (Lipinski definition) is 3. The van der Waals surface area contributed by atoms with Crippen molar-refractivity contribution in [3.63, 3.8) is 0 Å². The first-order valence-corrected chi connectivity index (χ1v) is 8.02. The molecule has 0 spiro atoms. The Morgan fingerprint density at radius 2 is 1.60 bits per heavy atom. The molecule has 2 N–H and O–H groups in total. The van der Waals surface area contributed by atoms with Gasteiger partial charge in [-0.3, -0.25) is 9.69 Å². The van der Waals surface area contributed by atoms with Crippen LogP contribution in [0.5, 0.6) is 0 Å². The predicted octanol–water partition coefficient (Wildman–Crippen LogP) is 2.33. The Hall–Kier alpha value is -0.610. The molecule has 20 heavy (non-hydrogen) atoms. The molecule has 1 amide bonds. The number of nitrogens with zero attached hydrogens (tertiary/aromatic N) is 2. The van der Waals surface area contributed by atoms with Crippen LogP contribution in [0, 0.1) is 5.41 Å². The number of rotatable bonds is 11. The second-order valence-electron chi connectivity index (χ2n) is 6.63. The lowest BCUT2D eigenvalue weighted by atomic mass is 9.93. The second kappa shape index (κ2) is 10.2. The van der Waals surface area contributed by atoms with Gasteiger partial charge in [-0.05, 0) is 31.8 Å². The summed E-state index contributed by atoms with van der Waals surface area (Å²) in [5.74, 6) is 0.252. The van der Waals surface area contributed by atoms with E-state index in [4.69, 9.17) is 5.73 Å². The maximum absolute atomic E-state index is 12.4.